The van der Waals surface area contributed by atoms with Crippen molar-refractivity contribution in [3.8, 4) is 0 Å². The first-order valence-corrected chi connectivity index (χ1v) is 11.9. The van der Waals surface area contributed by atoms with Gasteiger partial charge in [-0.25, -0.2) is 8.42 Å². The van der Waals surface area contributed by atoms with Crippen LogP contribution < -0.4 is 61.8 Å². The van der Waals surface area contributed by atoms with Crippen LogP contribution in [0, 0.1) is 0 Å². The summed E-state index contributed by atoms with van der Waals surface area (Å²) >= 11 is 0. The number of hydrogen-bond acceptors (Lipinski definition) is 6. The zero-order valence-corrected chi connectivity index (χ0v) is 23.1. The first-order chi connectivity index (χ1) is 15.1. The summed E-state index contributed by atoms with van der Waals surface area (Å²) in [4.78, 5) is 10.4. The molecule has 1 aliphatic heterocycles. The first kappa shape index (κ1) is 27.9. The van der Waals surface area contributed by atoms with Crippen molar-refractivity contribution in [2.24, 2.45) is 0 Å². The fourth-order valence-electron chi connectivity index (χ4n) is 4.02. The van der Waals surface area contributed by atoms with E-state index in [2.05, 4.69) is 9.89 Å². The molecule has 1 aliphatic rings. The number of rotatable bonds is 10. The average molecular weight is 495 g/mol. The first-order valence-electron chi connectivity index (χ1n) is 10.5. The number of carbonyl (C=O) groups is 1. The molecule has 9 heteroatoms. The number of fused-ring (bicyclic) bond motifs is 1. The third-order valence-corrected chi connectivity index (χ3v) is 6.51. The van der Waals surface area contributed by atoms with Gasteiger partial charge in [-0.2, -0.15) is 4.58 Å². The van der Waals surface area contributed by atoms with Gasteiger partial charge in [-0.1, -0.05) is 18.2 Å². The van der Waals surface area contributed by atoms with Crippen LogP contribution in [0.5, 0.6) is 0 Å². The molecule has 170 valence electrons. The van der Waals surface area contributed by atoms with Gasteiger partial charge in [-0.05, 0) is 57.4 Å². The Morgan fingerprint density at radius 2 is 1.79 bits per heavy atom. The molecule has 0 amide bonds. The summed E-state index contributed by atoms with van der Waals surface area (Å²) in [7, 11) is -4.56. The molecule has 2 aromatic carbocycles. The topological polar surface area (TPSA) is 112 Å². The van der Waals surface area contributed by atoms with Crippen LogP contribution in [0.25, 0.3) is 0 Å². The second-order valence-electron chi connectivity index (χ2n) is 8.32. The summed E-state index contributed by atoms with van der Waals surface area (Å²) in [5, 5.41) is 13.9. The molecule has 2 aromatic rings. The summed E-state index contributed by atoms with van der Waals surface area (Å²) in [6.07, 6.45) is 5.86. The van der Waals surface area contributed by atoms with Gasteiger partial charge < -0.3 is 19.8 Å². The number of nitrogens with one attached hydrogen (secondary N) is 1. The van der Waals surface area contributed by atoms with E-state index in [-0.39, 0.29) is 62.7 Å². The SMILES string of the molecule is CC1(C)C(C=CNc2ccccc2)=[N+](CCCCCC(=O)[O-])c2ccc(S(=O)(=O)[O-])cc21.[K+]. The summed E-state index contributed by atoms with van der Waals surface area (Å²) < 4.78 is 36.9. The third-order valence-electron chi connectivity index (χ3n) is 5.68. The fraction of sp³-hybridized carbons (Fsp3) is 0.333. The van der Waals surface area contributed by atoms with Crippen LogP contribution in [-0.4, -0.2) is 35.8 Å². The summed E-state index contributed by atoms with van der Waals surface area (Å²) in [5.74, 6) is -1.05. The fourth-order valence-corrected chi connectivity index (χ4v) is 4.52. The van der Waals surface area contributed by atoms with Gasteiger partial charge >= 0.3 is 51.4 Å². The smallest absolute Gasteiger partial charge is 0.744 e. The van der Waals surface area contributed by atoms with E-state index in [0.717, 1.165) is 35.5 Å². The largest absolute Gasteiger partial charge is 1.00 e. The van der Waals surface area contributed by atoms with Crippen molar-refractivity contribution in [3.05, 3.63) is 66.4 Å². The van der Waals surface area contributed by atoms with Gasteiger partial charge in [0.05, 0.1) is 10.3 Å². The third kappa shape index (κ3) is 7.08. The number of allylic oxidation sites excluding steroid dienone is 1. The van der Waals surface area contributed by atoms with E-state index in [1.807, 2.05) is 56.5 Å². The molecule has 7 nitrogen and oxygen atoms in total. The van der Waals surface area contributed by atoms with E-state index in [9.17, 15) is 22.9 Å². The quantitative estimate of drug-likeness (QED) is 0.214. The van der Waals surface area contributed by atoms with Crippen LogP contribution in [0.3, 0.4) is 0 Å². The Hall–Kier alpha value is -1.33. The number of unbranched alkanes of at least 4 members (excludes halogenated alkanes) is 2. The van der Waals surface area contributed by atoms with Crippen LogP contribution >= 0.6 is 0 Å². The van der Waals surface area contributed by atoms with Crippen LogP contribution in [0.4, 0.5) is 11.4 Å². The van der Waals surface area contributed by atoms with Gasteiger partial charge in [-0.15, -0.1) is 0 Å². The van der Waals surface area contributed by atoms with Crippen LogP contribution in [-0.2, 0) is 20.3 Å². The number of anilines is 1. The van der Waals surface area contributed by atoms with Crippen LogP contribution in [0.2, 0.25) is 0 Å². The number of nitrogens with zero attached hydrogens (tertiary/aromatic N) is 1. The Morgan fingerprint density at radius 3 is 2.42 bits per heavy atom. The number of para-hydroxylation sites is 1. The molecule has 0 spiro atoms. The van der Waals surface area contributed by atoms with Crippen molar-refractivity contribution in [1.29, 1.82) is 0 Å². The molecule has 0 aromatic heterocycles. The molecule has 3 rings (SSSR count). The molecule has 0 bridgehead atoms. The molecular formula is C24H27KN2O5S. The molecule has 0 aliphatic carbocycles. The Balaban J connectivity index is 0.00000385. The summed E-state index contributed by atoms with van der Waals surface area (Å²) in [5.41, 5.74) is 2.98. The predicted octanol–water partition coefficient (Wildman–Crippen LogP) is -0.0930. The Labute approximate surface area is 237 Å². The minimum absolute atomic E-state index is 0. The standard InChI is InChI=1S/C24H28N2O5S.K/c1-24(2)20-17-19(32(29,30)31)12-13-21(20)26(16-8-4-7-11-23(27)28)22(24)14-15-25-18-9-5-3-6-10-18;/h3,5-6,9-10,12-15,17H,4,7-8,11,16H2,1-2H3,(H2,27,28,29,30,31);/q;+1/p-1. The van der Waals surface area contributed by atoms with Crippen molar-refractivity contribution in [2.75, 3.05) is 11.9 Å². The second kappa shape index (κ2) is 11.9. The summed E-state index contributed by atoms with van der Waals surface area (Å²) in [6, 6.07) is 14.2. The van der Waals surface area contributed by atoms with Crippen molar-refractivity contribution in [2.45, 2.75) is 49.8 Å². The zero-order chi connectivity index (χ0) is 23.4. The minimum atomic E-state index is -4.56. The number of hydrogen-bond donors (Lipinski definition) is 1. The Morgan fingerprint density at radius 1 is 1.09 bits per heavy atom. The van der Waals surface area contributed by atoms with E-state index >= 15 is 0 Å². The van der Waals surface area contributed by atoms with Gasteiger partial charge in [0.1, 0.15) is 16.7 Å². The maximum absolute atomic E-state index is 11.6. The van der Waals surface area contributed by atoms with Crippen molar-refractivity contribution in [1.82, 2.24) is 0 Å². The van der Waals surface area contributed by atoms with Gasteiger partial charge in [-0.3, -0.25) is 0 Å². The summed E-state index contributed by atoms with van der Waals surface area (Å²) in [6.45, 7) is 4.62. The monoisotopic (exact) mass is 494 g/mol. The molecule has 1 N–H and O–H groups in total. The molecular weight excluding hydrogens is 467 g/mol. The maximum Gasteiger partial charge on any atom is 1.00 e. The molecule has 0 saturated carbocycles. The Kier molecular flexibility index (Phi) is 10.0. The zero-order valence-electron chi connectivity index (χ0n) is 19.2. The van der Waals surface area contributed by atoms with Crippen molar-refractivity contribution < 1.29 is 78.8 Å². The minimum Gasteiger partial charge on any atom is -0.744 e. The van der Waals surface area contributed by atoms with Crippen molar-refractivity contribution >= 4 is 33.2 Å². The van der Waals surface area contributed by atoms with Crippen LogP contribution in [0.15, 0.2) is 65.7 Å². The molecule has 0 saturated heterocycles. The number of carbonyl (C=O) groups excluding carboxylic acids is 1. The number of carboxylic acid groups (broad SMARTS) is 1. The Bertz CT molecular complexity index is 1160. The molecule has 0 radical (unpaired) electrons. The van der Waals surface area contributed by atoms with E-state index in [0.29, 0.717) is 13.0 Å². The van der Waals surface area contributed by atoms with Gasteiger partial charge in [0.15, 0.2) is 5.71 Å². The normalized spacial score (nSPS) is 14.8. The van der Waals surface area contributed by atoms with Gasteiger partial charge in [0.25, 0.3) is 0 Å². The predicted molar refractivity (Wildman–Crippen MR) is 120 cm³/mol. The number of carboxylic acids is 1. The number of benzene rings is 2. The van der Waals surface area contributed by atoms with Crippen LogP contribution in [0.1, 0.15) is 45.1 Å². The number of aliphatic carboxylic acids is 1. The van der Waals surface area contributed by atoms with E-state index in [1.165, 1.54) is 12.1 Å². The van der Waals surface area contributed by atoms with E-state index in [1.54, 1.807) is 6.07 Å². The van der Waals surface area contributed by atoms with Gasteiger partial charge in [0.2, 0.25) is 5.69 Å². The molecule has 0 unspecified atom stereocenters. The molecule has 33 heavy (non-hydrogen) atoms. The van der Waals surface area contributed by atoms with Gasteiger partial charge in [0, 0.05) is 42.0 Å². The van der Waals surface area contributed by atoms with E-state index < -0.39 is 21.5 Å². The molecule has 1 heterocycles. The maximum atomic E-state index is 11.6. The molecule has 0 fully saturated rings. The second-order valence-corrected chi connectivity index (χ2v) is 9.70. The van der Waals surface area contributed by atoms with Crippen molar-refractivity contribution in [3.63, 3.8) is 0 Å². The average Bonchev–Trinajstić information content (AvgIpc) is 2.94. The van der Waals surface area contributed by atoms with E-state index in [4.69, 9.17) is 0 Å². The molecule has 0 atom stereocenters.